The topological polar surface area (TPSA) is 31.6 Å². The Hall–Kier alpha value is -0.940. The predicted octanol–water partition coefficient (Wildman–Crippen LogP) is 3.64. The van der Waals surface area contributed by atoms with Crippen LogP contribution >= 0.6 is 28.1 Å². The second kappa shape index (κ2) is 3.67. The molecular weight excluding hydrogens is 267 g/mol. The van der Waals surface area contributed by atoms with Gasteiger partial charge < -0.3 is 9.97 Å². The van der Waals surface area contributed by atoms with Crippen molar-refractivity contribution in [1.29, 1.82) is 0 Å². The van der Waals surface area contributed by atoms with Crippen LogP contribution in [0.2, 0.25) is 0 Å². The van der Waals surface area contributed by atoms with Gasteiger partial charge in [-0.05, 0) is 30.4 Å². The molecule has 2 aromatic rings. The number of H-pyrrole nitrogens is 2. The van der Waals surface area contributed by atoms with E-state index in [1.54, 1.807) is 18.3 Å². The number of benzene rings is 1. The summed E-state index contributed by atoms with van der Waals surface area (Å²) in [5.74, 6) is -0.287. The third-order valence-corrected chi connectivity index (χ3v) is 2.53. The fourth-order valence-corrected chi connectivity index (χ4v) is 1.69. The molecule has 2 rings (SSSR count). The Labute approximate surface area is 93.3 Å². The van der Waals surface area contributed by atoms with Gasteiger partial charge in [0.2, 0.25) is 0 Å². The smallest absolute Gasteiger partial charge is 0.174 e. The molecule has 0 aliphatic rings. The van der Waals surface area contributed by atoms with Gasteiger partial charge in [-0.25, -0.2) is 4.39 Å². The Kier molecular flexibility index (Phi) is 2.52. The first-order chi connectivity index (χ1) is 6.66. The summed E-state index contributed by atoms with van der Waals surface area (Å²) in [6.45, 7) is 0. The molecule has 0 fully saturated rings. The van der Waals surface area contributed by atoms with E-state index < -0.39 is 0 Å². The molecule has 1 heterocycles. The zero-order chi connectivity index (χ0) is 10.1. The van der Waals surface area contributed by atoms with Crippen molar-refractivity contribution in [3.63, 3.8) is 0 Å². The van der Waals surface area contributed by atoms with Crippen LogP contribution in [0.4, 0.5) is 4.39 Å². The van der Waals surface area contributed by atoms with Crippen molar-refractivity contribution in [3.05, 3.63) is 39.5 Å². The summed E-state index contributed by atoms with van der Waals surface area (Å²) in [4.78, 5) is 5.65. The Bertz CT molecular complexity index is 518. The van der Waals surface area contributed by atoms with Gasteiger partial charge in [0.05, 0.1) is 5.69 Å². The highest BCUT2D eigenvalue weighted by molar-refractivity contribution is 9.10. The molecule has 0 unspecified atom stereocenters. The molecule has 72 valence electrons. The van der Waals surface area contributed by atoms with Gasteiger partial charge in [0.1, 0.15) is 5.82 Å². The number of nitrogens with one attached hydrogen (secondary N) is 2. The van der Waals surface area contributed by atoms with E-state index in [0.717, 1.165) is 0 Å². The van der Waals surface area contributed by atoms with E-state index in [2.05, 4.69) is 25.9 Å². The van der Waals surface area contributed by atoms with Crippen LogP contribution in [0.15, 0.2) is 28.9 Å². The van der Waals surface area contributed by atoms with Gasteiger partial charge in [-0.15, -0.1) is 0 Å². The highest BCUT2D eigenvalue weighted by atomic mass is 79.9. The minimum absolute atomic E-state index is 0.287. The molecule has 0 bridgehead atoms. The second-order valence-corrected chi connectivity index (χ2v) is 4.10. The zero-order valence-corrected chi connectivity index (χ0v) is 9.38. The van der Waals surface area contributed by atoms with E-state index in [0.29, 0.717) is 20.5 Å². The molecule has 2 nitrogen and oxygen atoms in total. The first-order valence-corrected chi connectivity index (χ1v) is 5.10. The van der Waals surface area contributed by atoms with Crippen LogP contribution in [0.5, 0.6) is 0 Å². The van der Waals surface area contributed by atoms with Crippen molar-refractivity contribution in [1.82, 2.24) is 9.97 Å². The van der Waals surface area contributed by atoms with Gasteiger partial charge in [0, 0.05) is 16.2 Å². The van der Waals surface area contributed by atoms with Crippen LogP contribution in [-0.2, 0) is 0 Å². The maximum atomic E-state index is 13.4. The van der Waals surface area contributed by atoms with Gasteiger partial charge >= 0.3 is 0 Å². The van der Waals surface area contributed by atoms with Crippen LogP contribution in [0.1, 0.15) is 0 Å². The molecule has 0 radical (unpaired) electrons. The molecule has 1 aromatic heterocycles. The van der Waals surface area contributed by atoms with E-state index in [4.69, 9.17) is 12.2 Å². The molecule has 0 saturated heterocycles. The summed E-state index contributed by atoms with van der Waals surface area (Å²) < 4.78 is 14.7. The SMILES string of the molecule is Fc1cc(Br)ccc1-c1c[nH]c(=S)[nH]1. The van der Waals surface area contributed by atoms with Crippen LogP contribution < -0.4 is 0 Å². The monoisotopic (exact) mass is 272 g/mol. The molecular formula is C9H6BrFN2S. The van der Waals surface area contributed by atoms with Gasteiger partial charge in [0.25, 0.3) is 0 Å². The first kappa shape index (κ1) is 9.61. The lowest BCUT2D eigenvalue weighted by atomic mass is 10.1. The Morgan fingerprint density at radius 3 is 2.71 bits per heavy atom. The normalized spacial score (nSPS) is 10.4. The minimum Gasteiger partial charge on any atom is -0.337 e. The van der Waals surface area contributed by atoms with Crippen molar-refractivity contribution in [2.24, 2.45) is 0 Å². The van der Waals surface area contributed by atoms with Crippen LogP contribution in [0, 0.1) is 10.6 Å². The Balaban J connectivity index is 2.57. The molecule has 0 atom stereocenters. The lowest BCUT2D eigenvalue weighted by Crippen LogP contribution is -1.83. The molecule has 0 amide bonds. The molecule has 0 spiro atoms. The molecule has 14 heavy (non-hydrogen) atoms. The zero-order valence-electron chi connectivity index (χ0n) is 6.97. The average Bonchev–Trinajstić information content (AvgIpc) is 2.51. The van der Waals surface area contributed by atoms with Crippen molar-refractivity contribution in [2.45, 2.75) is 0 Å². The molecule has 0 aliphatic carbocycles. The molecule has 1 aromatic carbocycles. The van der Waals surface area contributed by atoms with Gasteiger partial charge in [-0.2, -0.15) is 0 Å². The molecule has 2 N–H and O–H groups in total. The molecule has 0 aliphatic heterocycles. The summed E-state index contributed by atoms with van der Waals surface area (Å²) in [6.07, 6.45) is 1.65. The fraction of sp³-hybridized carbons (Fsp3) is 0. The number of hydrogen-bond donors (Lipinski definition) is 2. The largest absolute Gasteiger partial charge is 0.337 e. The maximum absolute atomic E-state index is 13.4. The third-order valence-electron chi connectivity index (χ3n) is 1.82. The van der Waals surface area contributed by atoms with Crippen LogP contribution in [0.25, 0.3) is 11.3 Å². The standard InChI is InChI=1S/C9H6BrFN2S/c10-5-1-2-6(7(11)3-5)8-4-12-9(14)13-8/h1-4H,(H2,12,13,14). The van der Waals surface area contributed by atoms with E-state index in [9.17, 15) is 4.39 Å². The van der Waals surface area contributed by atoms with Gasteiger partial charge in [0.15, 0.2) is 4.77 Å². The number of aromatic amines is 2. The number of imidazole rings is 1. The Morgan fingerprint density at radius 1 is 1.36 bits per heavy atom. The second-order valence-electron chi connectivity index (χ2n) is 2.78. The van der Waals surface area contributed by atoms with Crippen molar-refractivity contribution in [2.75, 3.05) is 0 Å². The number of halogens is 2. The minimum atomic E-state index is -0.287. The molecule has 0 saturated carbocycles. The average molecular weight is 273 g/mol. The van der Waals surface area contributed by atoms with E-state index in [1.807, 2.05) is 0 Å². The fourth-order valence-electron chi connectivity index (χ4n) is 1.19. The van der Waals surface area contributed by atoms with E-state index >= 15 is 0 Å². The predicted molar refractivity (Wildman–Crippen MR) is 59.1 cm³/mol. The van der Waals surface area contributed by atoms with E-state index in [-0.39, 0.29) is 5.82 Å². The molecule has 5 heteroatoms. The van der Waals surface area contributed by atoms with Crippen molar-refractivity contribution >= 4 is 28.1 Å². The number of hydrogen-bond acceptors (Lipinski definition) is 1. The maximum Gasteiger partial charge on any atom is 0.174 e. The van der Waals surface area contributed by atoms with Crippen molar-refractivity contribution < 1.29 is 4.39 Å². The van der Waals surface area contributed by atoms with Gasteiger partial charge in [-0.1, -0.05) is 15.9 Å². The quantitative estimate of drug-likeness (QED) is 0.764. The van der Waals surface area contributed by atoms with E-state index in [1.165, 1.54) is 6.07 Å². The highest BCUT2D eigenvalue weighted by Gasteiger charge is 2.06. The number of aromatic nitrogens is 2. The summed E-state index contributed by atoms with van der Waals surface area (Å²) in [7, 11) is 0. The highest BCUT2D eigenvalue weighted by Crippen LogP contribution is 2.23. The summed E-state index contributed by atoms with van der Waals surface area (Å²) >= 11 is 8.05. The van der Waals surface area contributed by atoms with Crippen LogP contribution in [-0.4, -0.2) is 9.97 Å². The summed E-state index contributed by atoms with van der Waals surface area (Å²) in [5.41, 5.74) is 1.15. The van der Waals surface area contributed by atoms with Crippen LogP contribution in [0.3, 0.4) is 0 Å². The lowest BCUT2D eigenvalue weighted by Gasteiger charge is -1.99. The number of rotatable bonds is 1. The summed E-state index contributed by atoms with van der Waals surface area (Å²) in [5, 5.41) is 0. The van der Waals surface area contributed by atoms with Gasteiger partial charge in [-0.3, -0.25) is 0 Å². The Morgan fingerprint density at radius 2 is 2.14 bits per heavy atom. The van der Waals surface area contributed by atoms with Crippen molar-refractivity contribution in [3.8, 4) is 11.3 Å². The lowest BCUT2D eigenvalue weighted by molar-refractivity contribution is 0.630. The third kappa shape index (κ3) is 1.78. The summed E-state index contributed by atoms with van der Waals surface area (Å²) in [6, 6.07) is 4.88. The first-order valence-electron chi connectivity index (χ1n) is 3.90.